The summed E-state index contributed by atoms with van der Waals surface area (Å²) in [5, 5.41) is 0. The summed E-state index contributed by atoms with van der Waals surface area (Å²) in [5.41, 5.74) is 0. The normalized spacial score (nSPS) is 11.5. The fourth-order valence-corrected chi connectivity index (χ4v) is 2.33. The van der Waals surface area contributed by atoms with E-state index in [-0.39, 0.29) is 5.97 Å². The van der Waals surface area contributed by atoms with Crippen molar-refractivity contribution in [1.82, 2.24) is 0 Å². The average molecular weight is 294 g/mol. The van der Waals surface area contributed by atoms with E-state index < -0.39 is 0 Å². The van der Waals surface area contributed by atoms with Crippen molar-refractivity contribution < 1.29 is 9.53 Å². The van der Waals surface area contributed by atoms with E-state index >= 15 is 0 Å². The Hall–Kier alpha value is -1.05. The Morgan fingerprint density at radius 1 is 0.810 bits per heavy atom. The molecule has 0 aromatic heterocycles. The van der Waals surface area contributed by atoms with Crippen LogP contribution in [0.1, 0.15) is 84.0 Å². The van der Waals surface area contributed by atoms with E-state index in [1.54, 1.807) is 0 Å². The van der Waals surface area contributed by atoms with Crippen molar-refractivity contribution in [1.29, 1.82) is 0 Å². The summed E-state index contributed by atoms with van der Waals surface area (Å²) in [6.45, 7) is 2.05. The van der Waals surface area contributed by atoms with Crippen molar-refractivity contribution in [3.63, 3.8) is 0 Å². The first-order chi connectivity index (χ1) is 10.3. The molecule has 0 atom stereocenters. The molecule has 0 N–H and O–H groups in total. The van der Waals surface area contributed by atoms with Gasteiger partial charge in [0.15, 0.2) is 0 Å². The molecule has 0 aromatic rings. The molecule has 2 heteroatoms. The molecule has 0 aliphatic heterocycles. The quantitative estimate of drug-likeness (QED) is 0.224. The van der Waals surface area contributed by atoms with Crippen LogP contribution in [-0.2, 0) is 9.53 Å². The molecule has 0 amide bonds. The van der Waals surface area contributed by atoms with Gasteiger partial charge >= 0.3 is 5.97 Å². The molecule has 0 spiro atoms. The Balaban J connectivity index is 3.07. The van der Waals surface area contributed by atoms with Crippen molar-refractivity contribution >= 4 is 5.97 Å². The molecule has 0 aromatic carbocycles. The summed E-state index contributed by atoms with van der Waals surface area (Å²) < 4.78 is 4.62. The van der Waals surface area contributed by atoms with Gasteiger partial charge in [0.2, 0.25) is 0 Å². The lowest BCUT2D eigenvalue weighted by Crippen LogP contribution is -1.99. The fraction of sp³-hybridized carbons (Fsp3) is 0.737. The third kappa shape index (κ3) is 16.9. The zero-order chi connectivity index (χ0) is 15.6. The van der Waals surface area contributed by atoms with Crippen molar-refractivity contribution in [2.75, 3.05) is 7.11 Å². The summed E-state index contributed by atoms with van der Waals surface area (Å²) in [6, 6.07) is 0. The maximum Gasteiger partial charge on any atom is 0.305 e. The van der Waals surface area contributed by atoms with Crippen molar-refractivity contribution in [2.24, 2.45) is 0 Å². The lowest BCUT2D eigenvalue weighted by molar-refractivity contribution is -0.140. The molecule has 122 valence electrons. The highest BCUT2D eigenvalue weighted by molar-refractivity contribution is 5.68. The van der Waals surface area contributed by atoms with Crippen molar-refractivity contribution in [3.8, 4) is 0 Å². The number of esters is 1. The Morgan fingerprint density at radius 3 is 1.86 bits per heavy atom. The zero-order valence-corrected chi connectivity index (χ0v) is 14.1. The number of ether oxygens (including phenoxy) is 1. The van der Waals surface area contributed by atoms with Gasteiger partial charge in [-0.1, -0.05) is 75.7 Å². The Labute approximate surface area is 131 Å². The first-order valence-corrected chi connectivity index (χ1v) is 8.66. The maximum atomic E-state index is 10.9. The number of carbonyl (C=O) groups excluding carboxylic acids is 1. The molecule has 0 heterocycles. The van der Waals surface area contributed by atoms with Gasteiger partial charge in [-0.05, 0) is 26.2 Å². The van der Waals surface area contributed by atoms with Crippen molar-refractivity contribution in [2.45, 2.75) is 84.0 Å². The maximum absolute atomic E-state index is 10.9. The highest BCUT2D eigenvalue weighted by atomic mass is 16.5. The summed E-state index contributed by atoms with van der Waals surface area (Å²) in [7, 11) is 1.46. The number of methoxy groups -OCH3 is 1. The molecule has 21 heavy (non-hydrogen) atoms. The minimum Gasteiger partial charge on any atom is -0.469 e. The Morgan fingerprint density at radius 2 is 1.33 bits per heavy atom. The largest absolute Gasteiger partial charge is 0.469 e. The summed E-state index contributed by atoms with van der Waals surface area (Å²) in [6.07, 6.45) is 23.2. The van der Waals surface area contributed by atoms with Crippen LogP contribution in [0.5, 0.6) is 0 Å². The van der Waals surface area contributed by atoms with Crippen LogP contribution in [0.4, 0.5) is 0 Å². The predicted molar refractivity (Wildman–Crippen MR) is 91.4 cm³/mol. The molecule has 0 saturated carbocycles. The second-order valence-electron chi connectivity index (χ2n) is 5.60. The van der Waals surface area contributed by atoms with Gasteiger partial charge in [0.25, 0.3) is 0 Å². The molecule has 0 fully saturated rings. The van der Waals surface area contributed by atoms with Gasteiger partial charge in [0.1, 0.15) is 0 Å². The highest BCUT2D eigenvalue weighted by Crippen LogP contribution is 2.12. The Kier molecular flexibility index (Phi) is 16.2. The Bertz CT molecular complexity index is 279. The molecule has 0 aliphatic rings. The van der Waals surface area contributed by atoms with Crippen LogP contribution in [0.25, 0.3) is 0 Å². The molecular weight excluding hydrogens is 260 g/mol. The minimum absolute atomic E-state index is 0.0736. The minimum atomic E-state index is -0.0736. The second-order valence-corrected chi connectivity index (χ2v) is 5.60. The van der Waals surface area contributed by atoms with Crippen LogP contribution in [0.3, 0.4) is 0 Å². The van der Waals surface area contributed by atoms with Gasteiger partial charge < -0.3 is 4.74 Å². The fourth-order valence-electron chi connectivity index (χ4n) is 2.33. The van der Waals surface area contributed by atoms with E-state index in [1.165, 1.54) is 64.9 Å². The van der Waals surface area contributed by atoms with E-state index in [2.05, 4.69) is 29.0 Å². The van der Waals surface area contributed by atoms with E-state index in [0.717, 1.165) is 12.8 Å². The van der Waals surface area contributed by atoms with E-state index in [9.17, 15) is 4.79 Å². The average Bonchev–Trinajstić information content (AvgIpc) is 2.50. The molecule has 0 unspecified atom stereocenters. The second kappa shape index (κ2) is 17.0. The first-order valence-electron chi connectivity index (χ1n) is 8.66. The first kappa shape index (κ1) is 19.9. The number of unbranched alkanes of at least 4 members (excludes halogenated alkanes) is 10. The van der Waals surface area contributed by atoms with Gasteiger partial charge in [-0.25, -0.2) is 0 Å². The van der Waals surface area contributed by atoms with Crippen LogP contribution in [0.15, 0.2) is 24.3 Å². The predicted octanol–water partition coefficient (Wildman–Crippen LogP) is 5.97. The van der Waals surface area contributed by atoms with Crippen LogP contribution < -0.4 is 0 Å². The molecule has 0 aliphatic carbocycles. The summed E-state index contributed by atoms with van der Waals surface area (Å²) >= 11 is 0. The molecule has 2 nitrogen and oxygen atoms in total. The van der Waals surface area contributed by atoms with Gasteiger partial charge in [-0.15, -0.1) is 0 Å². The van der Waals surface area contributed by atoms with E-state index in [4.69, 9.17) is 0 Å². The number of allylic oxidation sites excluding steroid dienone is 4. The van der Waals surface area contributed by atoms with Gasteiger partial charge in [-0.2, -0.15) is 0 Å². The molecular formula is C19H34O2. The molecule has 0 radical (unpaired) electrons. The molecule has 0 saturated heterocycles. The van der Waals surface area contributed by atoms with Gasteiger partial charge in [0.05, 0.1) is 7.11 Å². The molecule has 0 rings (SSSR count). The number of hydrogen-bond donors (Lipinski definition) is 0. The third-order valence-electron chi connectivity index (χ3n) is 3.67. The standard InChI is InChI=1S/C19H34O2/c1-3-4-5-6-7-8-9-10-11-12-13-14-15-16-17-18-19(20)21-2/h3-6H,7-18H2,1-2H3/b4-3-,6-5-. The van der Waals surface area contributed by atoms with Crippen LogP contribution in [0.2, 0.25) is 0 Å². The third-order valence-corrected chi connectivity index (χ3v) is 3.67. The monoisotopic (exact) mass is 294 g/mol. The SMILES string of the molecule is C/C=C\C=C/CCCCCCCCCCCCC(=O)OC. The van der Waals surface area contributed by atoms with Crippen LogP contribution >= 0.6 is 0 Å². The lowest BCUT2D eigenvalue weighted by Gasteiger charge is -2.02. The lowest BCUT2D eigenvalue weighted by atomic mass is 10.1. The van der Waals surface area contributed by atoms with E-state index in [0.29, 0.717) is 6.42 Å². The van der Waals surface area contributed by atoms with Crippen molar-refractivity contribution in [3.05, 3.63) is 24.3 Å². The summed E-state index contributed by atoms with van der Waals surface area (Å²) in [4.78, 5) is 10.9. The molecule has 0 bridgehead atoms. The van der Waals surface area contributed by atoms with Crippen LogP contribution in [-0.4, -0.2) is 13.1 Å². The van der Waals surface area contributed by atoms with Crippen LogP contribution in [0, 0.1) is 0 Å². The smallest absolute Gasteiger partial charge is 0.305 e. The number of hydrogen-bond acceptors (Lipinski definition) is 2. The summed E-state index contributed by atoms with van der Waals surface area (Å²) in [5.74, 6) is -0.0736. The van der Waals surface area contributed by atoms with Gasteiger partial charge in [0, 0.05) is 6.42 Å². The number of rotatable bonds is 14. The van der Waals surface area contributed by atoms with E-state index in [1.807, 2.05) is 6.92 Å². The van der Waals surface area contributed by atoms with Gasteiger partial charge in [-0.3, -0.25) is 4.79 Å². The zero-order valence-electron chi connectivity index (χ0n) is 14.1. The number of carbonyl (C=O) groups is 1. The highest BCUT2D eigenvalue weighted by Gasteiger charge is 1.99. The topological polar surface area (TPSA) is 26.3 Å².